The topological polar surface area (TPSA) is 0 Å². The monoisotopic (exact) mass is 114 g/mol. The molecule has 1 heteroatoms. The van der Waals surface area contributed by atoms with E-state index >= 15 is 0 Å². The van der Waals surface area contributed by atoms with Crippen molar-refractivity contribution in [1.29, 1.82) is 0 Å². The zero-order chi connectivity index (χ0) is 6.00. The Kier molecular flexibility index (Phi) is 2600. The van der Waals surface area contributed by atoms with E-state index in [1.54, 1.807) is 20.8 Å². The predicted octanol–water partition coefficient (Wildman–Crippen LogP) is 2.14. The van der Waals surface area contributed by atoms with Gasteiger partial charge in [-0.25, -0.2) is 0 Å². The molecule has 0 aliphatic heterocycles. The Labute approximate surface area is 59.4 Å². The first kappa shape index (κ1) is 25.8. The van der Waals surface area contributed by atoms with E-state index in [9.17, 15) is 0 Å². The molecule has 0 aromatic heterocycles. The molecule has 0 radical (unpaired) electrons. The molecular weight excluding hydrogens is 99.0 g/mol. The van der Waals surface area contributed by atoms with Crippen LogP contribution in [0.25, 0.3) is 0 Å². The van der Waals surface area contributed by atoms with Gasteiger partial charge in [0.1, 0.15) is 0 Å². The first-order chi connectivity index (χ1) is 3.00. The zero-order valence-corrected chi connectivity index (χ0v) is 6.85. The Morgan fingerprint density at radius 1 is 0.571 bits per heavy atom. The maximum Gasteiger partial charge on any atom is 3.00 e. The van der Waals surface area contributed by atoms with Crippen LogP contribution in [-0.4, -0.2) is 17.4 Å². The van der Waals surface area contributed by atoms with E-state index in [1.165, 1.54) is 0 Å². The van der Waals surface area contributed by atoms with Crippen molar-refractivity contribution < 1.29 is 0 Å². The van der Waals surface area contributed by atoms with Crippen LogP contribution in [0.5, 0.6) is 0 Å². The van der Waals surface area contributed by atoms with Crippen molar-refractivity contribution >= 4 is 17.4 Å². The second-order valence-corrected chi connectivity index (χ2v) is 0. The van der Waals surface area contributed by atoms with Crippen LogP contribution in [0.15, 0.2) is 0 Å². The summed E-state index contributed by atoms with van der Waals surface area (Å²) in [5.74, 6) is 0. The van der Waals surface area contributed by atoms with Crippen LogP contribution in [0.3, 0.4) is 0 Å². The zero-order valence-electron chi connectivity index (χ0n) is 5.70. The van der Waals surface area contributed by atoms with E-state index in [0.717, 1.165) is 0 Å². The van der Waals surface area contributed by atoms with Gasteiger partial charge in [0.15, 0.2) is 0 Å². The summed E-state index contributed by atoms with van der Waals surface area (Å²) in [6.45, 7) is 15.0. The Bertz CT molecular complexity index is 4.14. The van der Waals surface area contributed by atoms with Gasteiger partial charge in [-0.15, -0.1) is 0 Å². The molecular formula is C6H15Al. The van der Waals surface area contributed by atoms with Crippen molar-refractivity contribution in [3.8, 4) is 0 Å². The summed E-state index contributed by atoms with van der Waals surface area (Å²) in [6.07, 6.45) is 0. The molecule has 0 bridgehead atoms. The Morgan fingerprint density at radius 3 is 0.571 bits per heavy atom. The fraction of sp³-hybridized carbons (Fsp3) is 0.500. The molecule has 0 aliphatic rings. The minimum absolute atomic E-state index is 0. The van der Waals surface area contributed by atoms with Gasteiger partial charge >= 0.3 is 17.4 Å². The summed E-state index contributed by atoms with van der Waals surface area (Å²) >= 11 is 0. The van der Waals surface area contributed by atoms with Crippen molar-refractivity contribution in [2.75, 3.05) is 0 Å². The summed E-state index contributed by atoms with van der Waals surface area (Å²) in [5.41, 5.74) is 0. The molecule has 0 fully saturated rings. The molecule has 0 nitrogen and oxygen atoms in total. The fourth-order valence-electron chi connectivity index (χ4n) is 0. The molecule has 0 aliphatic carbocycles. The minimum Gasteiger partial charge on any atom is -0.346 e. The third-order valence-corrected chi connectivity index (χ3v) is 0. The van der Waals surface area contributed by atoms with Gasteiger partial charge in [-0.3, -0.25) is 0 Å². The molecule has 0 unspecified atom stereocenters. The van der Waals surface area contributed by atoms with Crippen LogP contribution < -0.4 is 0 Å². The van der Waals surface area contributed by atoms with Gasteiger partial charge in [0.2, 0.25) is 0 Å². The summed E-state index contributed by atoms with van der Waals surface area (Å²) < 4.78 is 0. The van der Waals surface area contributed by atoms with E-state index in [-0.39, 0.29) is 17.4 Å². The molecule has 0 heterocycles. The molecule has 0 N–H and O–H groups in total. The molecule has 42 valence electrons. The standard InChI is InChI=1S/3C2H5.Al/c3*1-2;/h3*1H2,2H3;/q3*-1;+3. The Balaban J connectivity index is -0.00000000900. The first-order valence-electron chi connectivity index (χ1n) is 2.12. The van der Waals surface area contributed by atoms with Gasteiger partial charge in [-0.2, -0.15) is 20.8 Å². The SMILES string of the molecule is [Al+3].[CH2-]C.[CH2-]C.[CH2-]C. The van der Waals surface area contributed by atoms with E-state index in [0.29, 0.717) is 0 Å². The van der Waals surface area contributed by atoms with Crippen molar-refractivity contribution in [2.24, 2.45) is 0 Å². The quantitative estimate of drug-likeness (QED) is 0.334. The average Bonchev–Trinajstić information content (AvgIpc) is 1.81. The van der Waals surface area contributed by atoms with Crippen molar-refractivity contribution in [3.63, 3.8) is 0 Å². The second-order valence-electron chi connectivity index (χ2n) is 0. The molecule has 0 spiro atoms. The molecule has 0 aromatic rings. The van der Waals surface area contributed by atoms with Gasteiger partial charge in [0.05, 0.1) is 0 Å². The van der Waals surface area contributed by atoms with E-state index in [4.69, 9.17) is 0 Å². The number of hydrogen-bond acceptors (Lipinski definition) is 0. The molecule has 0 aromatic carbocycles. The molecule has 0 atom stereocenters. The second kappa shape index (κ2) is 705. The molecule has 0 saturated heterocycles. The van der Waals surface area contributed by atoms with Gasteiger partial charge in [-0.05, 0) is 0 Å². The van der Waals surface area contributed by atoms with Crippen molar-refractivity contribution in [2.45, 2.75) is 20.8 Å². The van der Waals surface area contributed by atoms with Crippen LogP contribution in [-0.2, 0) is 0 Å². The molecule has 7 heavy (non-hydrogen) atoms. The van der Waals surface area contributed by atoms with Gasteiger partial charge in [0, 0.05) is 0 Å². The van der Waals surface area contributed by atoms with E-state index in [2.05, 4.69) is 20.8 Å². The largest absolute Gasteiger partial charge is 3.00 e. The number of rotatable bonds is 0. The Hall–Kier alpha value is 0.532. The third kappa shape index (κ3) is 473. The van der Waals surface area contributed by atoms with Crippen LogP contribution in [0, 0.1) is 20.8 Å². The first-order valence-corrected chi connectivity index (χ1v) is 2.12. The van der Waals surface area contributed by atoms with Gasteiger partial charge < -0.3 is 20.8 Å². The van der Waals surface area contributed by atoms with Crippen LogP contribution in [0.4, 0.5) is 0 Å². The minimum atomic E-state index is 0. The van der Waals surface area contributed by atoms with Gasteiger partial charge in [0.25, 0.3) is 0 Å². The molecule has 0 amide bonds. The fourth-order valence-corrected chi connectivity index (χ4v) is 0. The van der Waals surface area contributed by atoms with E-state index in [1.807, 2.05) is 0 Å². The summed E-state index contributed by atoms with van der Waals surface area (Å²) in [6, 6.07) is 0. The predicted molar refractivity (Wildman–Crippen MR) is 38.8 cm³/mol. The molecule has 0 rings (SSSR count). The summed E-state index contributed by atoms with van der Waals surface area (Å²) in [7, 11) is 0. The average molecular weight is 114 g/mol. The smallest absolute Gasteiger partial charge is 0.346 e. The number of hydrogen-bond donors (Lipinski definition) is 0. The van der Waals surface area contributed by atoms with Crippen LogP contribution in [0.1, 0.15) is 20.8 Å². The normalized spacial score (nSPS) is 2.57. The van der Waals surface area contributed by atoms with Gasteiger partial charge in [-0.1, -0.05) is 0 Å². The maximum absolute atomic E-state index is 3.25. The molecule has 0 saturated carbocycles. The summed E-state index contributed by atoms with van der Waals surface area (Å²) in [5, 5.41) is 0. The Morgan fingerprint density at radius 2 is 0.571 bits per heavy atom. The van der Waals surface area contributed by atoms with Crippen molar-refractivity contribution in [3.05, 3.63) is 20.8 Å². The van der Waals surface area contributed by atoms with E-state index < -0.39 is 0 Å². The maximum atomic E-state index is 3.25. The van der Waals surface area contributed by atoms with Crippen molar-refractivity contribution in [1.82, 2.24) is 0 Å². The third-order valence-electron chi connectivity index (χ3n) is 0. The summed E-state index contributed by atoms with van der Waals surface area (Å²) in [4.78, 5) is 0. The van der Waals surface area contributed by atoms with Crippen LogP contribution in [0.2, 0.25) is 0 Å². The van der Waals surface area contributed by atoms with Crippen LogP contribution >= 0.6 is 0 Å².